The molecule has 2 saturated heterocycles. The van der Waals surface area contributed by atoms with Crippen LogP contribution in [0.3, 0.4) is 0 Å². The predicted octanol–water partition coefficient (Wildman–Crippen LogP) is 5.58. The van der Waals surface area contributed by atoms with E-state index >= 15 is 0 Å². The SMILES string of the molecule is O=C(N1CCC[C@@H](Cc2ccc3cnccc3c2)CC1)C1(Cc2ccc(F)cc2)CCOCC1. The number of carbonyl (C=O) groups excluding carboxylic acids is 1. The average Bonchev–Trinajstić information content (AvgIpc) is 3.11. The fourth-order valence-corrected chi connectivity index (χ4v) is 5.72. The van der Waals surface area contributed by atoms with Crippen molar-refractivity contribution in [2.45, 2.75) is 44.9 Å². The number of nitrogens with zero attached hydrogens (tertiary/aromatic N) is 2. The number of carbonyl (C=O) groups is 1. The molecule has 0 bridgehead atoms. The molecule has 3 aromatic rings. The monoisotopic (exact) mass is 460 g/mol. The van der Waals surface area contributed by atoms with Gasteiger partial charge in [0.25, 0.3) is 0 Å². The van der Waals surface area contributed by atoms with E-state index in [0.29, 0.717) is 25.6 Å². The highest BCUT2D eigenvalue weighted by molar-refractivity contribution is 5.83. The number of halogens is 1. The quantitative estimate of drug-likeness (QED) is 0.499. The second-order valence-corrected chi connectivity index (χ2v) is 10.0. The van der Waals surface area contributed by atoms with Crippen molar-refractivity contribution in [3.8, 4) is 0 Å². The van der Waals surface area contributed by atoms with E-state index in [0.717, 1.165) is 57.2 Å². The second-order valence-electron chi connectivity index (χ2n) is 10.0. The van der Waals surface area contributed by atoms with Gasteiger partial charge in [0.15, 0.2) is 0 Å². The maximum absolute atomic E-state index is 13.9. The normalized spacial score (nSPS) is 20.7. The fourth-order valence-electron chi connectivity index (χ4n) is 5.72. The summed E-state index contributed by atoms with van der Waals surface area (Å²) in [5.74, 6) is 0.608. The van der Waals surface area contributed by atoms with Crippen molar-refractivity contribution in [3.05, 3.63) is 77.9 Å². The molecule has 0 saturated carbocycles. The first-order valence-corrected chi connectivity index (χ1v) is 12.6. The lowest BCUT2D eigenvalue weighted by atomic mass is 9.74. The molecule has 1 amide bonds. The van der Waals surface area contributed by atoms with E-state index in [1.165, 1.54) is 28.5 Å². The van der Waals surface area contributed by atoms with Crippen molar-refractivity contribution in [2.75, 3.05) is 26.3 Å². The minimum Gasteiger partial charge on any atom is -0.381 e. The zero-order valence-corrected chi connectivity index (χ0v) is 19.7. The smallest absolute Gasteiger partial charge is 0.229 e. The molecule has 1 aromatic heterocycles. The van der Waals surface area contributed by atoms with Crippen molar-refractivity contribution in [1.29, 1.82) is 0 Å². The first-order chi connectivity index (χ1) is 16.6. The first kappa shape index (κ1) is 23.0. The van der Waals surface area contributed by atoms with Gasteiger partial charge < -0.3 is 9.64 Å². The molecule has 0 spiro atoms. The number of pyridine rings is 1. The number of amides is 1. The highest BCUT2D eigenvalue weighted by Gasteiger charge is 2.42. The summed E-state index contributed by atoms with van der Waals surface area (Å²) in [4.78, 5) is 20.2. The summed E-state index contributed by atoms with van der Waals surface area (Å²) in [5.41, 5.74) is 1.94. The average molecular weight is 461 g/mol. The zero-order chi connectivity index (χ0) is 23.4. The van der Waals surface area contributed by atoms with Crippen LogP contribution in [0.1, 0.15) is 43.2 Å². The Morgan fingerprint density at radius 1 is 1.00 bits per heavy atom. The van der Waals surface area contributed by atoms with Gasteiger partial charge in [0.2, 0.25) is 5.91 Å². The van der Waals surface area contributed by atoms with Crippen molar-refractivity contribution >= 4 is 16.7 Å². The molecule has 34 heavy (non-hydrogen) atoms. The molecule has 0 unspecified atom stereocenters. The third kappa shape index (κ3) is 5.15. The molecule has 2 aliphatic heterocycles. The molecule has 4 nitrogen and oxygen atoms in total. The number of hydrogen-bond acceptors (Lipinski definition) is 3. The Bertz CT molecular complexity index is 1120. The summed E-state index contributed by atoms with van der Waals surface area (Å²) in [6.45, 7) is 2.86. The summed E-state index contributed by atoms with van der Waals surface area (Å²) in [6, 6.07) is 15.4. The van der Waals surface area contributed by atoms with E-state index in [4.69, 9.17) is 4.74 Å². The molecule has 178 valence electrons. The van der Waals surface area contributed by atoms with Gasteiger partial charge in [-0.2, -0.15) is 0 Å². The Morgan fingerprint density at radius 3 is 2.62 bits per heavy atom. The number of rotatable bonds is 5. The number of ether oxygens (including phenoxy) is 1. The molecular weight excluding hydrogens is 427 g/mol. The zero-order valence-electron chi connectivity index (χ0n) is 19.7. The maximum Gasteiger partial charge on any atom is 0.229 e. The van der Waals surface area contributed by atoms with Gasteiger partial charge >= 0.3 is 0 Å². The van der Waals surface area contributed by atoms with Crippen LogP contribution in [0.2, 0.25) is 0 Å². The number of benzene rings is 2. The molecule has 3 heterocycles. The molecule has 2 fully saturated rings. The topological polar surface area (TPSA) is 42.4 Å². The van der Waals surface area contributed by atoms with Crippen LogP contribution in [0, 0.1) is 17.2 Å². The Morgan fingerprint density at radius 2 is 1.79 bits per heavy atom. The minimum absolute atomic E-state index is 0.238. The lowest BCUT2D eigenvalue weighted by molar-refractivity contribution is -0.148. The van der Waals surface area contributed by atoms with E-state index in [1.54, 1.807) is 0 Å². The first-order valence-electron chi connectivity index (χ1n) is 12.6. The van der Waals surface area contributed by atoms with E-state index in [2.05, 4.69) is 34.1 Å². The van der Waals surface area contributed by atoms with Crippen LogP contribution in [0.5, 0.6) is 0 Å². The van der Waals surface area contributed by atoms with Crippen LogP contribution in [0.25, 0.3) is 10.8 Å². The van der Waals surface area contributed by atoms with Crippen LogP contribution in [0.15, 0.2) is 60.9 Å². The van der Waals surface area contributed by atoms with Crippen LogP contribution in [-0.2, 0) is 22.4 Å². The third-order valence-electron chi connectivity index (χ3n) is 7.72. The van der Waals surface area contributed by atoms with Gasteiger partial charge in [0.05, 0.1) is 5.41 Å². The summed E-state index contributed by atoms with van der Waals surface area (Å²) in [6.07, 6.45) is 10.1. The number of aromatic nitrogens is 1. The lowest BCUT2D eigenvalue weighted by Crippen LogP contribution is -2.48. The summed E-state index contributed by atoms with van der Waals surface area (Å²) in [5, 5.41) is 2.41. The fraction of sp³-hybridized carbons (Fsp3) is 0.448. The van der Waals surface area contributed by atoms with Crippen molar-refractivity contribution < 1.29 is 13.9 Å². The summed E-state index contributed by atoms with van der Waals surface area (Å²) >= 11 is 0. The molecule has 1 atom stereocenters. The minimum atomic E-state index is -0.442. The van der Waals surface area contributed by atoms with Gasteiger partial charge in [0, 0.05) is 44.1 Å². The molecule has 5 rings (SSSR count). The Hall–Kier alpha value is -2.79. The number of likely N-dealkylation sites (tertiary alicyclic amines) is 1. The Balaban J connectivity index is 1.26. The van der Waals surface area contributed by atoms with Crippen LogP contribution < -0.4 is 0 Å². The van der Waals surface area contributed by atoms with Crippen molar-refractivity contribution in [1.82, 2.24) is 9.88 Å². The molecule has 0 N–H and O–H groups in total. The van der Waals surface area contributed by atoms with Crippen molar-refractivity contribution in [3.63, 3.8) is 0 Å². The van der Waals surface area contributed by atoms with Crippen LogP contribution >= 0.6 is 0 Å². The predicted molar refractivity (Wildman–Crippen MR) is 132 cm³/mol. The van der Waals surface area contributed by atoms with Gasteiger partial charge in [-0.15, -0.1) is 0 Å². The van der Waals surface area contributed by atoms with E-state index < -0.39 is 5.41 Å². The van der Waals surface area contributed by atoms with Gasteiger partial charge in [-0.05, 0) is 85.6 Å². The van der Waals surface area contributed by atoms with E-state index in [-0.39, 0.29) is 11.7 Å². The summed E-state index contributed by atoms with van der Waals surface area (Å²) < 4.78 is 19.1. The Kier molecular flexibility index (Phi) is 6.91. The third-order valence-corrected chi connectivity index (χ3v) is 7.72. The van der Waals surface area contributed by atoms with Crippen molar-refractivity contribution in [2.24, 2.45) is 11.3 Å². The van der Waals surface area contributed by atoms with Gasteiger partial charge in [-0.25, -0.2) is 4.39 Å². The maximum atomic E-state index is 13.9. The van der Waals surface area contributed by atoms with Gasteiger partial charge in [-0.3, -0.25) is 9.78 Å². The van der Waals surface area contributed by atoms with E-state index in [9.17, 15) is 9.18 Å². The highest BCUT2D eigenvalue weighted by atomic mass is 19.1. The van der Waals surface area contributed by atoms with Crippen LogP contribution in [0.4, 0.5) is 4.39 Å². The van der Waals surface area contributed by atoms with Gasteiger partial charge in [0.1, 0.15) is 5.82 Å². The molecule has 2 aliphatic rings. The summed E-state index contributed by atoms with van der Waals surface area (Å²) in [7, 11) is 0. The molecule has 0 aliphatic carbocycles. The second kappa shape index (κ2) is 10.2. The van der Waals surface area contributed by atoms with E-state index in [1.807, 2.05) is 24.5 Å². The number of fused-ring (bicyclic) bond motifs is 1. The molecule has 2 aromatic carbocycles. The standard InChI is InChI=1S/C29H33FN2O2/c30-27-7-4-23(5-8-27)20-29(11-16-34-17-12-29)28(33)32-14-1-2-22(10-15-32)18-24-3-6-26-21-31-13-9-25(26)19-24/h3-9,13,19,21-22H,1-2,10-12,14-18,20H2/t22-/m1/s1. The van der Waals surface area contributed by atoms with Gasteiger partial charge in [-0.1, -0.05) is 30.3 Å². The van der Waals surface area contributed by atoms with Crippen LogP contribution in [-0.4, -0.2) is 42.1 Å². The lowest BCUT2D eigenvalue weighted by Gasteiger charge is -2.40. The Labute approximate surface area is 201 Å². The molecule has 5 heteroatoms. The largest absolute Gasteiger partial charge is 0.381 e. The number of hydrogen-bond donors (Lipinski definition) is 0. The highest BCUT2D eigenvalue weighted by Crippen LogP contribution is 2.37. The molecule has 0 radical (unpaired) electrons. The molecular formula is C29H33FN2O2.